The fourth-order valence-corrected chi connectivity index (χ4v) is 8.05. The lowest BCUT2D eigenvalue weighted by Crippen LogP contribution is -2.26. The smallest absolute Gasteiger partial charge is 0.0741 e. The van der Waals surface area contributed by atoms with E-state index in [0.717, 1.165) is 80.8 Å². The van der Waals surface area contributed by atoms with Crippen LogP contribution in [0.2, 0.25) is 5.02 Å². The molecule has 0 aliphatic heterocycles. The number of pyridine rings is 2. The van der Waals surface area contributed by atoms with Gasteiger partial charge in [0.05, 0.1) is 11.0 Å². The Balaban J connectivity index is 0.958. The molecule has 6 heteroatoms. The van der Waals surface area contributed by atoms with Crippen LogP contribution in [0.1, 0.15) is 73.9 Å². The van der Waals surface area contributed by atoms with E-state index in [1.807, 2.05) is 12.1 Å². The van der Waals surface area contributed by atoms with Crippen LogP contribution in [0.4, 0.5) is 11.4 Å². The van der Waals surface area contributed by atoms with Crippen LogP contribution in [-0.4, -0.2) is 48.1 Å². The third kappa shape index (κ3) is 5.99. The number of fused-ring (bicyclic) bond motifs is 7. The first-order chi connectivity index (χ1) is 21.0. The molecule has 0 radical (unpaired) electrons. The van der Waals surface area contributed by atoms with Gasteiger partial charge in [-0.25, -0.2) is 0 Å². The highest BCUT2D eigenvalue weighted by Crippen LogP contribution is 2.47. The average Bonchev–Trinajstić information content (AvgIpc) is 3.00. The third-order valence-corrected chi connectivity index (χ3v) is 10.0. The molecule has 2 N–H and O–H groups in total. The molecular formula is C37H44ClN5. The van der Waals surface area contributed by atoms with E-state index in [-0.39, 0.29) is 0 Å². The molecule has 2 bridgehead atoms. The normalized spacial score (nSPS) is 19.3. The average molecular weight is 594 g/mol. The summed E-state index contributed by atoms with van der Waals surface area (Å²) in [4.78, 5) is 12.6. The van der Waals surface area contributed by atoms with Crippen molar-refractivity contribution in [2.45, 2.75) is 70.6 Å². The van der Waals surface area contributed by atoms with Crippen molar-refractivity contribution in [1.82, 2.24) is 14.9 Å². The lowest BCUT2D eigenvalue weighted by atomic mass is 9.71. The van der Waals surface area contributed by atoms with E-state index in [9.17, 15) is 0 Å². The van der Waals surface area contributed by atoms with Crippen LogP contribution < -0.4 is 10.6 Å². The molecule has 0 saturated carbocycles. The van der Waals surface area contributed by atoms with Crippen LogP contribution >= 0.6 is 11.6 Å². The van der Waals surface area contributed by atoms with Crippen molar-refractivity contribution in [2.24, 2.45) is 5.92 Å². The summed E-state index contributed by atoms with van der Waals surface area (Å²) in [6.45, 7) is 6.39. The Hall–Kier alpha value is -3.15. The van der Waals surface area contributed by atoms with Crippen LogP contribution in [0.3, 0.4) is 0 Å². The predicted molar refractivity (Wildman–Crippen MR) is 182 cm³/mol. The minimum atomic E-state index is 0.562. The number of anilines is 2. The number of hydrogen-bond donors (Lipinski definition) is 2. The van der Waals surface area contributed by atoms with Crippen molar-refractivity contribution in [3.05, 3.63) is 81.7 Å². The summed E-state index contributed by atoms with van der Waals surface area (Å²) in [6, 6.07) is 14.8. The van der Waals surface area contributed by atoms with E-state index in [0.29, 0.717) is 11.8 Å². The minimum Gasteiger partial charge on any atom is -0.384 e. The zero-order valence-electron chi connectivity index (χ0n) is 25.7. The van der Waals surface area contributed by atoms with Gasteiger partial charge in [-0.2, -0.15) is 0 Å². The molecule has 0 saturated heterocycles. The summed E-state index contributed by atoms with van der Waals surface area (Å²) < 4.78 is 0. The zero-order valence-corrected chi connectivity index (χ0v) is 26.4. The van der Waals surface area contributed by atoms with Crippen molar-refractivity contribution in [3.63, 3.8) is 0 Å². The molecule has 4 aromatic rings. The Kier molecular flexibility index (Phi) is 8.29. The Labute approximate surface area is 261 Å². The van der Waals surface area contributed by atoms with Gasteiger partial charge in [-0.05, 0) is 127 Å². The quantitative estimate of drug-likeness (QED) is 0.142. The van der Waals surface area contributed by atoms with E-state index >= 15 is 0 Å². The number of aryl methyl sites for hydroxylation is 1. The van der Waals surface area contributed by atoms with Crippen LogP contribution in [0.5, 0.6) is 0 Å². The van der Waals surface area contributed by atoms with Gasteiger partial charge in [0.1, 0.15) is 0 Å². The largest absolute Gasteiger partial charge is 0.384 e. The maximum atomic E-state index is 6.39. The second kappa shape index (κ2) is 12.5. The van der Waals surface area contributed by atoms with Gasteiger partial charge in [-0.1, -0.05) is 41.4 Å². The van der Waals surface area contributed by atoms with Gasteiger partial charge in [-0.15, -0.1) is 0 Å². The van der Waals surface area contributed by atoms with Crippen molar-refractivity contribution >= 4 is 44.8 Å². The van der Waals surface area contributed by atoms with Crippen LogP contribution in [0.15, 0.2) is 54.1 Å². The molecule has 0 unspecified atom stereocenters. The van der Waals surface area contributed by atoms with Gasteiger partial charge in [-0.3, -0.25) is 9.97 Å². The Bertz CT molecular complexity index is 1680. The molecule has 7 rings (SSSR count). The highest BCUT2D eigenvalue weighted by atomic mass is 35.5. The molecule has 2 heterocycles. The number of para-hydroxylation sites is 1. The summed E-state index contributed by atoms with van der Waals surface area (Å²) >= 11 is 6.39. The Morgan fingerprint density at radius 3 is 2.47 bits per heavy atom. The van der Waals surface area contributed by atoms with E-state index < -0.39 is 0 Å². The first kappa shape index (κ1) is 28.6. The fraction of sp³-hybridized carbons (Fsp3) is 0.459. The molecule has 3 aliphatic rings. The first-order valence-electron chi connectivity index (χ1n) is 16.4. The number of allylic oxidation sites excluding steroid dienone is 2. The molecule has 3 aliphatic carbocycles. The highest BCUT2D eigenvalue weighted by Gasteiger charge is 2.33. The lowest BCUT2D eigenvalue weighted by Gasteiger charge is -2.36. The lowest BCUT2D eigenvalue weighted by molar-refractivity contribution is 0.331. The summed E-state index contributed by atoms with van der Waals surface area (Å²) in [5, 5.41) is 11.0. The van der Waals surface area contributed by atoms with Crippen molar-refractivity contribution in [1.29, 1.82) is 0 Å². The number of rotatable bonds is 10. The number of aromatic nitrogens is 2. The standard InChI is InChI=1S/C37H44ClN5/c1-24-19-25-21-26(20-24)35-34(22-25)42-33-23-27(38)13-14-30(33)37(35)40-16-8-18-43(2)17-7-15-39-36-28-9-3-5-11-31(28)41-32-12-6-4-10-29(32)36/h3,5,9,11,13-14,19,23,25-26H,4,6-8,10,12,15-18,20-22H2,1-2H3,(H,39,41)(H,40,42)/t25-,26+/m1/s1. The molecular weight excluding hydrogens is 550 g/mol. The Morgan fingerprint density at radius 1 is 0.860 bits per heavy atom. The number of halogens is 1. The van der Waals surface area contributed by atoms with Crippen molar-refractivity contribution in [2.75, 3.05) is 43.9 Å². The topological polar surface area (TPSA) is 53.1 Å². The van der Waals surface area contributed by atoms with Gasteiger partial charge in [0.15, 0.2) is 0 Å². The summed E-state index contributed by atoms with van der Waals surface area (Å²) in [6.07, 6.45) is 12.9. The van der Waals surface area contributed by atoms with Gasteiger partial charge in [0.2, 0.25) is 0 Å². The Morgan fingerprint density at radius 2 is 1.60 bits per heavy atom. The molecule has 5 nitrogen and oxygen atoms in total. The molecule has 0 amide bonds. The third-order valence-electron chi connectivity index (χ3n) is 9.81. The first-order valence-corrected chi connectivity index (χ1v) is 16.8. The van der Waals surface area contributed by atoms with Crippen LogP contribution in [0, 0.1) is 5.92 Å². The monoisotopic (exact) mass is 593 g/mol. The highest BCUT2D eigenvalue weighted by molar-refractivity contribution is 6.31. The van der Waals surface area contributed by atoms with Crippen LogP contribution in [-0.2, 0) is 19.3 Å². The van der Waals surface area contributed by atoms with E-state index in [4.69, 9.17) is 21.6 Å². The van der Waals surface area contributed by atoms with E-state index in [1.54, 1.807) is 0 Å². The molecule has 0 spiro atoms. The summed E-state index contributed by atoms with van der Waals surface area (Å²) in [7, 11) is 2.26. The van der Waals surface area contributed by atoms with Crippen molar-refractivity contribution < 1.29 is 0 Å². The maximum absolute atomic E-state index is 6.39. The number of nitrogens with one attached hydrogen (secondary N) is 2. The number of hydrogen-bond acceptors (Lipinski definition) is 5. The van der Waals surface area contributed by atoms with E-state index in [2.05, 4.69) is 65.9 Å². The maximum Gasteiger partial charge on any atom is 0.0741 e. The predicted octanol–water partition coefficient (Wildman–Crippen LogP) is 8.55. The second-order valence-electron chi connectivity index (χ2n) is 13.1. The molecule has 2 atom stereocenters. The van der Waals surface area contributed by atoms with Crippen molar-refractivity contribution in [3.8, 4) is 0 Å². The van der Waals surface area contributed by atoms with E-state index in [1.165, 1.54) is 69.5 Å². The SMILES string of the molecule is CC1=C[C@H]2Cc3nc4cc(Cl)ccc4c(NCCCN(C)CCCNc4c5c(nc6ccccc46)CCCC5)c3[C@@H](C1)C2. The van der Waals surface area contributed by atoms with Gasteiger partial charge >= 0.3 is 0 Å². The molecule has 2 aromatic carbocycles. The fourth-order valence-electron chi connectivity index (χ4n) is 7.89. The van der Waals surface area contributed by atoms with Gasteiger partial charge in [0.25, 0.3) is 0 Å². The second-order valence-corrected chi connectivity index (χ2v) is 13.6. The molecule has 224 valence electrons. The summed E-state index contributed by atoms with van der Waals surface area (Å²) in [5.74, 6) is 1.18. The molecule has 2 aromatic heterocycles. The summed E-state index contributed by atoms with van der Waals surface area (Å²) in [5.41, 5.74) is 11.8. The molecule has 0 fully saturated rings. The van der Waals surface area contributed by atoms with Gasteiger partial charge in [0, 0.05) is 57.2 Å². The number of benzene rings is 2. The minimum absolute atomic E-state index is 0.562. The zero-order chi connectivity index (χ0) is 29.3. The number of nitrogens with zero attached hydrogens (tertiary/aromatic N) is 3. The molecule has 43 heavy (non-hydrogen) atoms. The van der Waals surface area contributed by atoms with Crippen LogP contribution in [0.25, 0.3) is 21.8 Å². The van der Waals surface area contributed by atoms with Gasteiger partial charge < -0.3 is 15.5 Å².